The first-order chi connectivity index (χ1) is 12.0. The van der Waals surface area contributed by atoms with Gasteiger partial charge in [-0.15, -0.1) is 21.5 Å². The van der Waals surface area contributed by atoms with Crippen LogP contribution in [0.3, 0.4) is 0 Å². The minimum Gasteiger partial charge on any atom is -0.356 e. The second kappa shape index (κ2) is 10.2. The van der Waals surface area contributed by atoms with E-state index < -0.39 is 0 Å². The van der Waals surface area contributed by atoms with Gasteiger partial charge in [0.1, 0.15) is 12.4 Å². The SMILES string of the molecule is CSCCCNC(=NCc1nnc(C)n1C)N(C)Cc1ccc(Br)s1. The Morgan fingerprint density at radius 1 is 1.44 bits per heavy atom. The largest absolute Gasteiger partial charge is 0.356 e. The van der Waals surface area contributed by atoms with Crippen molar-refractivity contribution in [3.8, 4) is 0 Å². The molecule has 0 aliphatic carbocycles. The van der Waals surface area contributed by atoms with Crippen LogP contribution < -0.4 is 5.32 Å². The Balaban J connectivity index is 2.04. The Labute approximate surface area is 166 Å². The Bertz CT molecular complexity index is 697. The molecule has 2 heterocycles. The maximum atomic E-state index is 4.76. The first-order valence-corrected chi connectivity index (χ1v) is 11.1. The molecular formula is C16H25BrN6S2. The van der Waals surface area contributed by atoms with Gasteiger partial charge in [-0.3, -0.25) is 0 Å². The topological polar surface area (TPSA) is 58.3 Å². The molecule has 0 unspecified atom stereocenters. The molecule has 1 N–H and O–H groups in total. The van der Waals surface area contributed by atoms with Crippen LogP contribution in [-0.2, 0) is 20.1 Å². The number of halogens is 1. The summed E-state index contributed by atoms with van der Waals surface area (Å²) in [5.41, 5.74) is 0. The number of thioether (sulfide) groups is 1. The van der Waals surface area contributed by atoms with Crippen molar-refractivity contribution in [2.75, 3.05) is 25.6 Å². The van der Waals surface area contributed by atoms with E-state index in [2.05, 4.69) is 61.8 Å². The van der Waals surface area contributed by atoms with E-state index in [4.69, 9.17) is 4.99 Å². The molecule has 2 aromatic rings. The van der Waals surface area contributed by atoms with Crippen LogP contribution in [0.4, 0.5) is 0 Å². The molecule has 0 saturated carbocycles. The summed E-state index contributed by atoms with van der Waals surface area (Å²) < 4.78 is 3.13. The number of hydrogen-bond acceptors (Lipinski definition) is 5. The molecule has 2 aromatic heterocycles. The fourth-order valence-electron chi connectivity index (χ4n) is 2.21. The van der Waals surface area contributed by atoms with Gasteiger partial charge in [-0.1, -0.05) is 0 Å². The smallest absolute Gasteiger partial charge is 0.194 e. The Morgan fingerprint density at radius 2 is 2.24 bits per heavy atom. The minimum atomic E-state index is 0.515. The van der Waals surface area contributed by atoms with E-state index in [1.807, 2.05) is 30.3 Å². The molecular weight excluding hydrogens is 420 g/mol. The van der Waals surface area contributed by atoms with Crippen molar-refractivity contribution < 1.29 is 0 Å². The maximum Gasteiger partial charge on any atom is 0.194 e. The summed E-state index contributed by atoms with van der Waals surface area (Å²) in [5.74, 6) is 3.81. The summed E-state index contributed by atoms with van der Waals surface area (Å²) in [7, 11) is 4.04. The number of aliphatic imine (C=N–C) groups is 1. The number of hydrogen-bond donors (Lipinski definition) is 1. The van der Waals surface area contributed by atoms with Crippen LogP contribution in [0.2, 0.25) is 0 Å². The lowest BCUT2D eigenvalue weighted by Crippen LogP contribution is -2.39. The van der Waals surface area contributed by atoms with Gasteiger partial charge in [0.25, 0.3) is 0 Å². The van der Waals surface area contributed by atoms with Crippen molar-refractivity contribution in [3.05, 3.63) is 32.4 Å². The zero-order chi connectivity index (χ0) is 18.2. The molecule has 0 radical (unpaired) electrons. The Hall–Kier alpha value is -1.06. The normalized spacial score (nSPS) is 11.8. The van der Waals surface area contributed by atoms with Gasteiger partial charge < -0.3 is 14.8 Å². The van der Waals surface area contributed by atoms with Gasteiger partial charge in [0.2, 0.25) is 0 Å². The molecule has 0 fully saturated rings. The molecule has 25 heavy (non-hydrogen) atoms. The highest BCUT2D eigenvalue weighted by molar-refractivity contribution is 9.11. The lowest BCUT2D eigenvalue weighted by atomic mass is 10.4. The molecule has 0 atom stereocenters. The van der Waals surface area contributed by atoms with Crippen LogP contribution in [0, 0.1) is 6.92 Å². The zero-order valence-electron chi connectivity index (χ0n) is 15.1. The number of aryl methyl sites for hydroxylation is 1. The fraction of sp³-hybridized carbons (Fsp3) is 0.562. The predicted octanol–water partition coefficient (Wildman–Crippen LogP) is 3.28. The molecule has 0 aromatic carbocycles. The van der Waals surface area contributed by atoms with Crippen LogP contribution in [0.25, 0.3) is 0 Å². The van der Waals surface area contributed by atoms with Crippen molar-refractivity contribution in [2.45, 2.75) is 26.4 Å². The molecule has 2 rings (SSSR count). The Kier molecular flexibility index (Phi) is 8.25. The third kappa shape index (κ3) is 6.31. The van der Waals surface area contributed by atoms with Crippen LogP contribution in [0.15, 0.2) is 20.9 Å². The van der Waals surface area contributed by atoms with Gasteiger partial charge in [-0.05, 0) is 53.4 Å². The summed E-state index contributed by atoms with van der Waals surface area (Å²) >= 11 is 7.14. The molecule has 0 amide bonds. The van der Waals surface area contributed by atoms with E-state index in [9.17, 15) is 0 Å². The van der Waals surface area contributed by atoms with Gasteiger partial charge in [-0.25, -0.2) is 4.99 Å². The number of rotatable bonds is 8. The number of guanidine groups is 1. The molecule has 0 aliphatic rings. The number of nitrogens with zero attached hydrogens (tertiary/aromatic N) is 5. The predicted molar refractivity (Wildman–Crippen MR) is 111 cm³/mol. The lowest BCUT2D eigenvalue weighted by Gasteiger charge is -2.22. The van der Waals surface area contributed by atoms with Crippen molar-refractivity contribution in [1.82, 2.24) is 25.0 Å². The monoisotopic (exact) mass is 444 g/mol. The lowest BCUT2D eigenvalue weighted by molar-refractivity contribution is 0.478. The third-order valence-corrected chi connectivity index (χ3v) is 6.05. The molecule has 9 heteroatoms. The van der Waals surface area contributed by atoms with E-state index in [0.29, 0.717) is 6.54 Å². The first-order valence-electron chi connectivity index (χ1n) is 8.08. The maximum absolute atomic E-state index is 4.76. The second-order valence-electron chi connectivity index (χ2n) is 5.70. The molecule has 0 aliphatic heterocycles. The van der Waals surface area contributed by atoms with E-state index in [1.54, 1.807) is 11.3 Å². The van der Waals surface area contributed by atoms with Crippen molar-refractivity contribution >= 4 is 45.0 Å². The Morgan fingerprint density at radius 3 is 2.84 bits per heavy atom. The highest BCUT2D eigenvalue weighted by atomic mass is 79.9. The summed E-state index contributed by atoms with van der Waals surface area (Å²) in [5, 5.41) is 11.8. The van der Waals surface area contributed by atoms with Gasteiger partial charge in [0, 0.05) is 25.5 Å². The van der Waals surface area contributed by atoms with Gasteiger partial charge in [-0.2, -0.15) is 11.8 Å². The zero-order valence-corrected chi connectivity index (χ0v) is 18.3. The number of aromatic nitrogens is 3. The molecule has 0 bridgehead atoms. The van der Waals surface area contributed by atoms with Crippen LogP contribution in [0.1, 0.15) is 22.9 Å². The molecule has 6 nitrogen and oxygen atoms in total. The van der Waals surface area contributed by atoms with Crippen molar-refractivity contribution in [2.24, 2.45) is 12.0 Å². The molecule has 0 spiro atoms. The van der Waals surface area contributed by atoms with Crippen LogP contribution in [0.5, 0.6) is 0 Å². The van der Waals surface area contributed by atoms with Crippen LogP contribution >= 0.6 is 39.0 Å². The van der Waals surface area contributed by atoms with Gasteiger partial charge in [0.05, 0.1) is 10.3 Å². The van der Waals surface area contributed by atoms with Gasteiger partial charge >= 0.3 is 0 Å². The summed E-state index contributed by atoms with van der Waals surface area (Å²) in [6.07, 6.45) is 3.24. The first kappa shape index (κ1) is 20.3. The third-order valence-electron chi connectivity index (χ3n) is 3.74. The minimum absolute atomic E-state index is 0.515. The number of nitrogens with one attached hydrogen (secondary N) is 1. The summed E-state index contributed by atoms with van der Waals surface area (Å²) in [4.78, 5) is 8.21. The van der Waals surface area contributed by atoms with E-state index >= 15 is 0 Å². The van der Waals surface area contributed by atoms with E-state index in [-0.39, 0.29) is 0 Å². The van der Waals surface area contributed by atoms with Crippen molar-refractivity contribution in [3.63, 3.8) is 0 Å². The quantitative estimate of drug-likeness (QED) is 0.384. The van der Waals surface area contributed by atoms with Crippen molar-refractivity contribution in [1.29, 1.82) is 0 Å². The average molecular weight is 445 g/mol. The second-order valence-corrected chi connectivity index (χ2v) is 9.23. The van der Waals surface area contributed by atoms with Gasteiger partial charge in [0.15, 0.2) is 11.8 Å². The molecule has 0 saturated heterocycles. The van der Waals surface area contributed by atoms with E-state index in [0.717, 1.165) is 46.7 Å². The number of thiophene rings is 1. The van der Waals surface area contributed by atoms with E-state index in [1.165, 1.54) is 4.88 Å². The summed E-state index contributed by atoms with van der Waals surface area (Å²) in [6.45, 7) is 4.20. The molecule has 138 valence electrons. The standard InChI is InChI=1S/C16H25BrN6S2/c1-12-20-21-15(23(12)3)10-19-16(18-8-5-9-24-4)22(2)11-13-6-7-14(17)25-13/h6-7H,5,8-11H2,1-4H3,(H,18,19). The fourth-order valence-corrected chi connectivity index (χ4v) is 4.18. The van der Waals surface area contributed by atoms with Crippen LogP contribution in [-0.4, -0.2) is 51.2 Å². The summed E-state index contributed by atoms with van der Waals surface area (Å²) in [6, 6.07) is 4.22. The highest BCUT2D eigenvalue weighted by Crippen LogP contribution is 2.23. The average Bonchev–Trinajstić information content (AvgIpc) is 3.13. The highest BCUT2D eigenvalue weighted by Gasteiger charge is 2.10.